The minimum atomic E-state index is 0.410. The van der Waals surface area contributed by atoms with Crippen LogP contribution in [0.4, 0.5) is 0 Å². The molecule has 0 spiro atoms. The van der Waals surface area contributed by atoms with Crippen LogP contribution in [0.15, 0.2) is 18.2 Å². The third-order valence-corrected chi connectivity index (χ3v) is 4.37. The van der Waals surface area contributed by atoms with E-state index in [0.29, 0.717) is 12.0 Å². The number of hydrogen-bond donors (Lipinski definition) is 1. The van der Waals surface area contributed by atoms with Crippen molar-refractivity contribution in [2.45, 2.75) is 52.5 Å². The van der Waals surface area contributed by atoms with Crippen molar-refractivity contribution in [2.75, 3.05) is 0 Å². The first-order valence-electron chi connectivity index (χ1n) is 6.88. The summed E-state index contributed by atoms with van der Waals surface area (Å²) >= 11 is 0. The summed E-state index contributed by atoms with van der Waals surface area (Å²) in [7, 11) is 0. The smallest absolute Gasteiger partial charge is 0.00705 e. The van der Waals surface area contributed by atoms with E-state index >= 15 is 0 Å². The quantitative estimate of drug-likeness (QED) is 0.826. The van der Waals surface area contributed by atoms with Crippen LogP contribution in [0.5, 0.6) is 0 Å². The van der Waals surface area contributed by atoms with Crippen molar-refractivity contribution >= 4 is 0 Å². The third-order valence-electron chi connectivity index (χ3n) is 4.37. The van der Waals surface area contributed by atoms with Gasteiger partial charge in [-0.1, -0.05) is 25.1 Å². The molecule has 0 bridgehead atoms. The normalized spacial score (nSPS) is 29.3. The highest BCUT2D eigenvalue weighted by Crippen LogP contribution is 2.30. The molecule has 0 aromatic heterocycles. The van der Waals surface area contributed by atoms with E-state index in [2.05, 4.69) is 39.0 Å². The van der Waals surface area contributed by atoms with Gasteiger partial charge in [-0.05, 0) is 68.1 Å². The molecule has 1 aliphatic carbocycles. The molecule has 3 unspecified atom stereocenters. The van der Waals surface area contributed by atoms with Gasteiger partial charge in [0.05, 0.1) is 0 Å². The fourth-order valence-corrected chi connectivity index (χ4v) is 2.99. The van der Waals surface area contributed by atoms with Gasteiger partial charge >= 0.3 is 0 Å². The Morgan fingerprint density at radius 2 is 1.94 bits per heavy atom. The Morgan fingerprint density at radius 1 is 1.18 bits per heavy atom. The largest absolute Gasteiger partial charge is 0.327 e. The summed E-state index contributed by atoms with van der Waals surface area (Å²) in [6, 6.07) is 7.26. The molecule has 1 nitrogen and oxygen atoms in total. The molecule has 1 aromatic rings. The molecule has 1 fully saturated rings. The number of aryl methyl sites for hydroxylation is 2. The summed E-state index contributed by atoms with van der Waals surface area (Å²) in [4.78, 5) is 0. The Balaban J connectivity index is 2.06. The fraction of sp³-hybridized carbons (Fsp3) is 0.625. The van der Waals surface area contributed by atoms with Gasteiger partial charge in [-0.15, -0.1) is 0 Å². The van der Waals surface area contributed by atoms with E-state index in [4.69, 9.17) is 5.73 Å². The minimum Gasteiger partial charge on any atom is -0.327 e. The molecule has 3 atom stereocenters. The van der Waals surface area contributed by atoms with Crippen molar-refractivity contribution in [2.24, 2.45) is 17.6 Å². The average Bonchev–Trinajstić information content (AvgIpc) is 2.29. The lowest BCUT2D eigenvalue weighted by Gasteiger charge is -2.32. The summed E-state index contributed by atoms with van der Waals surface area (Å²) in [6.45, 7) is 6.73. The van der Waals surface area contributed by atoms with Gasteiger partial charge in [0.2, 0.25) is 0 Å². The van der Waals surface area contributed by atoms with Crippen molar-refractivity contribution < 1.29 is 0 Å². The van der Waals surface area contributed by atoms with Crippen LogP contribution in [0.2, 0.25) is 0 Å². The molecule has 2 N–H and O–H groups in total. The Hall–Kier alpha value is -0.820. The number of benzene rings is 1. The monoisotopic (exact) mass is 231 g/mol. The van der Waals surface area contributed by atoms with Crippen LogP contribution in [-0.4, -0.2) is 6.04 Å². The predicted molar refractivity (Wildman–Crippen MR) is 74.1 cm³/mol. The van der Waals surface area contributed by atoms with Crippen LogP contribution in [0, 0.1) is 25.7 Å². The van der Waals surface area contributed by atoms with Crippen LogP contribution in [0.1, 0.15) is 42.9 Å². The second-order valence-corrected chi connectivity index (χ2v) is 5.96. The lowest BCUT2D eigenvalue weighted by atomic mass is 9.76. The van der Waals surface area contributed by atoms with Gasteiger partial charge in [0.1, 0.15) is 0 Å². The lowest BCUT2D eigenvalue weighted by molar-refractivity contribution is 0.244. The number of hydrogen-bond acceptors (Lipinski definition) is 1. The number of rotatable bonds is 2. The van der Waals surface area contributed by atoms with E-state index in [1.807, 2.05) is 0 Å². The van der Waals surface area contributed by atoms with Gasteiger partial charge in [0.15, 0.2) is 0 Å². The lowest BCUT2D eigenvalue weighted by Crippen LogP contribution is -2.36. The Bertz CT molecular complexity index is 383. The van der Waals surface area contributed by atoms with E-state index in [-0.39, 0.29) is 0 Å². The maximum Gasteiger partial charge on any atom is 0.00705 e. The van der Waals surface area contributed by atoms with Crippen molar-refractivity contribution in [1.82, 2.24) is 0 Å². The highest BCUT2D eigenvalue weighted by atomic mass is 14.7. The van der Waals surface area contributed by atoms with Crippen molar-refractivity contribution in [1.29, 1.82) is 0 Å². The van der Waals surface area contributed by atoms with Gasteiger partial charge in [0.25, 0.3) is 0 Å². The zero-order valence-corrected chi connectivity index (χ0v) is 11.4. The van der Waals surface area contributed by atoms with E-state index in [9.17, 15) is 0 Å². The number of nitrogens with two attached hydrogens (primary N) is 1. The molecule has 2 rings (SSSR count). The molecule has 0 amide bonds. The molecule has 1 aliphatic rings. The van der Waals surface area contributed by atoms with Gasteiger partial charge in [-0.2, -0.15) is 0 Å². The third kappa shape index (κ3) is 3.10. The van der Waals surface area contributed by atoms with E-state index < -0.39 is 0 Å². The Kier molecular flexibility index (Phi) is 3.88. The first-order chi connectivity index (χ1) is 8.06. The molecule has 0 saturated heterocycles. The molecule has 0 aliphatic heterocycles. The Morgan fingerprint density at radius 3 is 2.65 bits per heavy atom. The first-order valence-corrected chi connectivity index (χ1v) is 6.88. The molecule has 0 radical (unpaired) electrons. The molecule has 1 saturated carbocycles. The molecule has 94 valence electrons. The van der Waals surface area contributed by atoms with Crippen molar-refractivity contribution in [3.05, 3.63) is 34.9 Å². The van der Waals surface area contributed by atoms with Crippen LogP contribution < -0.4 is 5.73 Å². The fourth-order valence-electron chi connectivity index (χ4n) is 2.99. The predicted octanol–water partition coefficient (Wildman–Crippen LogP) is 3.61. The summed E-state index contributed by atoms with van der Waals surface area (Å²) in [6.07, 6.45) is 4.97. The second-order valence-electron chi connectivity index (χ2n) is 5.96. The molecular weight excluding hydrogens is 206 g/mol. The van der Waals surface area contributed by atoms with Crippen molar-refractivity contribution in [3.8, 4) is 0 Å². The molecule has 1 aromatic carbocycles. The summed E-state index contributed by atoms with van der Waals surface area (Å²) in [5.74, 6) is 1.53. The zero-order chi connectivity index (χ0) is 12.4. The summed E-state index contributed by atoms with van der Waals surface area (Å²) in [5.41, 5.74) is 10.5. The van der Waals surface area contributed by atoms with Gasteiger partial charge in [-0.25, -0.2) is 0 Å². The summed E-state index contributed by atoms with van der Waals surface area (Å²) in [5, 5.41) is 0. The van der Waals surface area contributed by atoms with Gasteiger partial charge in [-0.3, -0.25) is 0 Å². The minimum absolute atomic E-state index is 0.410. The SMILES string of the molecule is Cc1ccc(CC2CC(C)CCC2N)cc1C. The molecule has 17 heavy (non-hydrogen) atoms. The average molecular weight is 231 g/mol. The molecule has 0 heterocycles. The van der Waals surface area contributed by atoms with Crippen molar-refractivity contribution in [3.63, 3.8) is 0 Å². The maximum absolute atomic E-state index is 6.26. The van der Waals surface area contributed by atoms with E-state index in [0.717, 1.165) is 12.3 Å². The van der Waals surface area contributed by atoms with Crippen LogP contribution >= 0.6 is 0 Å². The Labute approximate surface area is 105 Å². The van der Waals surface area contributed by atoms with Crippen LogP contribution in [-0.2, 0) is 6.42 Å². The maximum atomic E-state index is 6.26. The standard InChI is InChI=1S/C16H25N/c1-11-4-7-16(17)15(8-11)10-14-6-5-12(2)13(3)9-14/h5-6,9,11,15-16H,4,7-8,10,17H2,1-3H3. The molecular formula is C16H25N. The molecule has 1 heteroatoms. The zero-order valence-electron chi connectivity index (χ0n) is 11.4. The highest BCUT2D eigenvalue weighted by molar-refractivity contribution is 5.30. The first kappa shape index (κ1) is 12.6. The highest BCUT2D eigenvalue weighted by Gasteiger charge is 2.25. The van der Waals surface area contributed by atoms with Gasteiger partial charge in [0, 0.05) is 6.04 Å². The topological polar surface area (TPSA) is 26.0 Å². The second kappa shape index (κ2) is 5.22. The van der Waals surface area contributed by atoms with E-state index in [1.165, 1.54) is 36.0 Å². The van der Waals surface area contributed by atoms with E-state index in [1.54, 1.807) is 0 Å². The van der Waals surface area contributed by atoms with Gasteiger partial charge < -0.3 is 5.73 Å². The van der Waals surface area contributed by atoms with Crippen LogP contribution in [0.25, 0.3) is 0 Å². The summed E-state index contributed by atoms with van der Waals surface area (Å²) < 4.78 is 0. The van der Waals surface area contributed by atoms with Crippen LogP contribution in [0.3, 0.4) is 0 Å².